The van der Waals surface area contributed by atoms with Gasteiger partial charge in [-0.25, -0.2) is 4.79 Å². The van der Waals surface area contributed by atoms with Crippen molar-refractivity contribution in [1.82, 2.24) is 5.32 Å². The molecule has 10 heteroatoms. The molecular weight excluding hydrogens is 387 g/mol. The SMILES string of the molecule is CC(=O)SC[C@H](C(=O)N[C@@H](Cc1cc2ccccc2o1)C(=O)O)C(F)(F)F. The lowest BCUT2D eigenvalue weighted by Crippen LogP contribution is -2.49. The highest BCUT2D eigenvalue weighted by Crippen LogP contribution is 2.30. The van der Waals surface area contributed by atoms with Crippen LogP contribution in [0, 0.1) is 5.92 Å². The van der Waals surface area contributed by atoms with E-state index in [0.29, 0.717) is 22.7 Å². The molecule has 0 radical (unpaired) electrons. The van der Waals surface area contributed by atoms with Crippen LogP contribution >= 0.6 is 11.8 Å². The van der Waals surface area contributed by atoms with E-state index in [-0.39, 0.29) is 12.2 Å². The van der Waals surface area contributed by atoms with Gasteiger partial charge in [0.15, 0.2) is 5.12 Å². The maximum atomic E-state index is 13.1. The number of furan rings is 1. The van der Waals surface area contributed by atoms with Gasteiger partial charge in [-0.3, -0.25) is 9.59 Å². The summed E-state index contributed by atoms with van der Waals surface area (Å²) in [5, 5.41) is 11.3. The highest BCUT2D eigenvalue weighted by atomic mass is 32.2. The number of rotatable bonds is 7. The number of carbonyl (C=O) groups is 3. The molecule has 0 aliphatic rings. The van der Waals surface area contributed by atoms with Gasteiger partial charge in [0.25, 0.3) is 0 Å². The second-order valence-electron chi connectivity index (χ2n) is 5.75. The van der Waals surface area contributed by atoms with Crippen molar-refractivity contribution in [3.8, 4) is 0 Å². The van der Waals surface area contributed by atoms with Gasteiger partial charge in [-0.2, -0.15) is 13.2 Å². The first-order valence-electron chi connectivity index (χ1n) is 7.78. The molecule has 2 aromatic rings. The molecule has 0 fully saturated rings. The molecule has 2 atom stereocenters. The van der Waals surface area contributed by atoms with Crippen molar-refractivity contribution in [3.05, 3.63) is 36.1 Å². The van der Waals surface area contributed by atoms with Gasteiger partial charge in [-0.15, -0.1) is 0 Å². The van der Waals surface area contributed by atoms with Crippen molar-refractivity contribution >= 4 is 39.7 Å². The van der Waals surface area contributed by atoms with Gasteiger partial charge >= 0.3 is 12.1 Å². The van der Waals surface area contributed by atoms with Gasteiger partial charge in [0.1, 0.15) is 23.3 Å². The largest absolute Gasteiger partial charge is 0.480 e. The third-order valence-corrected chi connectivity index (χ3v) is 4.57. The van der Waals surface area contributed by atoms with Crippen molar-refractivity contribution in [1.29, 1.82) is 0 Å². The minimum atomic E-state index is -4.91. The van der Waals surface area contributed by atoms with E-state index in [2.05, 4.69) is 0 Å². The van der Waals surface area contributed by atoms with Crippen LogP contribution < -0.4 is 5.32 Å². The fraction of sp³-hybridized carbons (Fsp3) is 0.353. The van der Waals surface area contributed by atoms with E-state index in [4.69, 9.17) is 4.42 Å². The lowest BCUT2D eigenvalue weighted by Gasteiger charge is -2.21. The molecule has 146 valence electrons. The molecule has 0 bridgehead atoms. The number of para-hydroxylation sites is 1. The number of amides is 1. The fourth-order valence-electron chi connectivity index (χ4n) is 2.33. The van der Waals surface area contributed by atoms with E-state index in [9.17, 15) is 32.7 Å². The highest BCUT2D eigenvalue weighted by Gasteiger charge is 2.45. The maximum Gasteiger partial charge on any atom is 0.401 e. The van der Waals surface area contributed by atoms with Crippen LogP contribution in [-0.2, 0) is 20.8 Å². The van der Waals surface area contributed by atoms with Crippen LogP contribution in [0.3, 0.4) is 0 Å². The third-order valence-electron chi connectivity index (χ3n) is 3.66. The van der Waals surface area contributed by atoms with Gasteiger partial charge in [0.05, 0.1) is 0 Å². The molecule has 1 aromatic heterocycles. The van der Waals surface area contributed by atoms with Crippen LogP contribution in [0.1, 0.15) is 12.7 Å². The summed E-state index contributed by atoms with van der Waals surface area (Å²) in [6.07, 6.45) is -5.23. The second kappa shape index (κ2) is 8.47. The molecule has 1 heterocycles. The minimum absolute atomic E-state index is 0.213. The Morgan fingerprint density at radius 3 is 2.48 bits per heavy atom. The normalized spacial score (nSPS) is 13.9. The topological polar surface area (TPSA) is 96.6 Å². The number of alkyl halides is 3. The number of benzene rings is 1. The summed E-state index contributed by atoms with van der Waals surface area (Å²) < 4.78 is 44.7. The first-order valence-corrected chi connectivity index (χ1v) is 8.77. The Morgan fingerprint density at radius 1 is 1.26 bits per heavy atom. The smallest absolute Gasteiger partial charge is 0.401 e. The van der Waals surface area contributed by atoms with E-state index in [1.807, 2.05) is 5.32 Å². The number of carboxylic acid groups (broad SMARTS) is 1. The number of carboxylic acids is 1. The first-order chi connectivity index (χ1) is 12.6. The van der Waals surface area contributed by atoms with Gasteiger partial charge in [-0.05, 0) is 12.1 Å². The van der Waals surface area contributed by atoms with Crippen LogP contribution in [0.4, 0.5) is 13.2 Å². The first kappa shape index (κ1) is 20.8. The zero-order chi connectivity index (χ0) is 20.2. The van der Waals surface area contributed by atoms with Crippen LogP contribution in [0.25, 0.3) is 11.0 Å². The summed E-state index contributed by atoms with van der Waals surface area (Å²) in [6.45, 7) is 1.08. The maximum absolute atomic E-state index is 13.1. The van der Waals surface area contributed by atoms with Crippen molar-refractivity contribution in [3.63, 3.8) is 0 Å². The zero-order valence-electron chi connectivity index (χ0n) is 14.1. The molecule has 2 rings (SSSR count). The van der Waals surface area contributed by atoms with Gasteiger partial charge < -0.3 is 14.8 Å². The molecule has 0 saturated carbocycles. The molecule has 6 nitrogen and oxygen atoms in total. The van der Waals surface area contributed by atoms with Gasteiger partial charge in [-0.1, -0.05) is 30.0 Å². The molecule has 1 aromatic carbocycles. The van der Waals surface area contributed by atoms with Gasteiger partial charge in [0.2, 0.25) is 5.91 Å². The number of hydrogen-bond donors (Lipinski definition) is 2. The predicted molar refractivity (Wildman–Crippen MR) is 92.2 cm³/mol. The Labute approximate surface area is 156 Å². The van der Waals surface area contributed by atoms with Crippen molar-refractivity contribution in [2.45, 2.75) is 25.6 Å². The summed E-state index contributed by atoms with van der Waals surface area (Å²) in [5.41, 5.74) is 0.494. The number of fused-ring (bicyclic) bond motifs is 1. The Bertz CT molecular complexity index is 815. The van der Waals surface area contributed by atoms with E-state index in [1.54, 1.807) is 30.3 Å². The average Bonchev–Trinajstić information content (AvgIpc) is 2.95. The summed E-state index contributed by atoms with van der Waals surface area (Å²) in [6, 6.07) is 6.81. The van der Waals surface area contributed by atoms with E-state index in [1.165, 1.54) is 0 Å². The molecule has 1 amide bonds. The lowest BCUT2D eigenvalue weighted by atomic mass is 10.1. The van der Waals surface area contributed by atoms with Crippen molar-refractivity contribution < 1.29 is 37.1 Å². The lowest BCUT2D eigenvalue weighted by molar-refractivity contribution is -0.179. The molecular formula is C17H16F3NO5S. The van der Waals surface area contributed by atoms with Crippen LogP contribution in [0.2, 0.25) is 0 Å². The number of thioether (sulfide) groups is 1. The number of nitrogens with one attached hydrogen (secondary N) is 1. The van der Waals surface area contributed by atoms with Gasteiger partial charge in [0, 0.05) is 24.5 Å². The van der Waals surface area contributed by atoms with E-state index < -0.39 is 40.9 Å². The predicted octanol–water partition coefficient (Wildman–Crippen LogP) is 3.00. The minimum Gasteiger partial charge on any atom is -0.480 e. The zero-order valence-corrected chi connectivity index (χ0v) is 14.9. The highest BCUT2D eigenvalue weighted by molar-refractivity contribution is 8.13. The molecule has 0 aliphatic heterocycles. The number of aliphatic carboxylic acids is 1. The standard InChI is InChI=1S/C17H16F3NO5S/c1-9(22)27-8-12(17(18,19)20)15(23)21-13(16(24)25)7-11-6-10-4-2-3-5-14(10)26-11/h2-6,12-13H,7-8H2,1H3,(H,21,23)(H,24,25)/t12-,13+/m1/s1. The van der Waals surface area contributed by atoms with Crippen molar-refractivity contribution in [2.75, 3.05) is 5.75 Å². The summed E-state index contributed by atoms with van der Waals surface area (Å²) in [4.78, 5) is 34.3. The molecule has 0 aliphatic carbocycles. The van der Waals surface area contributed by atoms with Crippen molar-refractivity contribution in [2.24, 2.45) is 5.92 Å². The van der Waals surface area contributed by atoms with Crippen LogP contribution in [-0.4, -0.2) is 40.1 Å². The average molecular weight is 403 g/mol. The monoisotopic (exact) mass is 403 g/mol. The van der Waals surface area contributed by atoms with E-state index in [0.717, 1.165) is 6.92 Å². The van der Waals surface area contributed by atoms with Crippen LogP contribution in [0.5, 0.6) is 0 Å². The Hall–Kier alpha value is -2.49. The quantitative estimate of drug-likeness (QED) is 0.738. The number of carbonyl (C=O) groups excluding carboxylic acids is 2. The molecule has 0 unspecified atom stereocenters. The summed E-state index contributed by atoms with van der Waals surface area (Å²) in [7, 11) is 0. The molecule has 27 heavy (non-hydrogen) atoms. The van der Waals surface area contributed by atoms with E-state index >= 15 is 0 Å². The Balaban J connectivity index is 2.14. The second-order valence-corrected chi connectivity index (χ2v) is 6.95. The number of hydrogen-bond acceptors (Lipinski definition) is 5. The summed E-state index contributed by atoms with van der Waals surface area (Å²) >= 11 is 0.351. The molecule has 0 saturated heterocycles. The van der Waals surface area contributed by atoms with Crippen LogP contribution in [0.15, 0.2) is 34.7 Å². The molecule has 2 N–H and O–H groups in total. The Morgan fingerprint density at radius 2 is 1.93 bits per heavy atom. The Kier molecular flexibility index (Phi) is 6.53. The molecule has 0 spiro atoms. The summed E-state index contributed by atoms with van der Waals surface area (Å²) in [5.74, 6) is -6.10. The fourth-order valence-corrected chi connectivity index (χ4v) is 3.07. The number of halogens is 3. The third kappa shape index (κ3) is 5.75.